The van der Waals surface area contributed by atoms with Gasteiger partial charge in [-0.2, -0.15) is 5.10 Å². The fourth-order valence-corrected chi connectivity index (χ4v) is 1.80. The highest BCUT2D eigenvalue weighted by Gasteiger charge is 2.14. The predicted molar refractivity (Wildman–Crippen MR) is 60.7 cm³/mol. The van der Waals surface area contributed by atoms with Crippen LogP contribution in [0.15, 0.2) is 12.4 Å². The summed E-state index contributed by atoms with van der Waals surface area (Å²) in [5.41, 5.74) is 1.24. The van der Waals surface area contributed by atoms with Crippen molar-refractivity contribution in [1.29, 1.82) is 0 Å². The van der Waals surface area contributed by atoms with E-state index in [0.717, 1.165) is 13.0 Å². The third-order valence-electron chi connectivity index (χ3n) is 2.56. The van der Waals surface area contributed by atoms with Crippen LogP contribution < -0.4 is 5.32 Å². The summed E-state index contributed by atoms with van der Waals surface area (Å²) in [6.45, 7) is 3.00. The van der Waals surface area contributed by atoms with Gasteiger partial charge >= 0.3 is 0 Å². The molecule has 4 nitrogen and oxygen atoms in total. The molecule has 0 bridgehead atoms. The van der Waals surface area contributed by atoms with E-state index in [1.54, 1.807) is 7.11 Å². The first-order valence-corrected chi connectivity index (χ1v) is 5.32. The van der Waals surface area contributed by atoms with Gasteiger partial charge in [-0.1, -0.05) is 6.92 Å². The van der Waals surface area contributed by atoms with Crippen molar-refractivity contribution in [2.75, 3.05) is 20.8 Å². The van der Waals surface area contributed by atoms with Crippen molar-refractivity contribution in [1.82, 2.24) is 15.1 Å². The lowest BCUT2D eigenvalue weighted by atomic mass is 9.99. The molecule has 1 aromatic rings. The van der Waals surface area contributed by atoms with Crippen LogP contribution in [-0.2, 0) is 11.8 Å². The van der Waals surface area contributed by atoms with Gasteiger partial charge in [-0.05, 0) is 19.4 Å². The van der Waals surface area contributed by atoms with E-state index in [2.05, 4.69) is 23.5 Å². The van der Waals surface area contributed by atoms with E-state index in [9.17, 15) is 0 Å². The molecule has 1 heterocycles. The number of nitrogens with zero attached hydrogens (tertiary/aromatic N) is 2. The Balaban J connectivity index is 2.56. The van der Waals surface area contributed by atoms with Gasteiger partial charge in [0.15, 0.2) is 0 Å². The zero-order chi connectivity index (χ0) is 11.3. The van der Waals surface area contributed by atoms with Gasteiger partial charge in [-0.3, -0.25) is 4.68 Å². The molecule has 1 aromatic heterocycles. The lowest BCUT2D eigenvalue weighted by molar-refractivity contribution is 0.150. The van der Waals surface area contributed by atoms with Crippen LogP contribution in [0.3, 0.4) is 0 Å². The molecule has 0 aliphatic heterocycles. The zero-order valence-corrected chi connectivity index (χ0v) is 10.0. The van der Waals surface area contributed by atoms with Gasteiger partial charge in [0.05, 0.1) is 6.20 Å². The number of hydrogen-bond acceptors (Lipinski definition) is 3. The molecule has 2 atom stereocenters. The van der Waals surface area contributed by atoms with Crippen molar-refractivity contribution >= 4 is 0 Å². The summed E-state index contributed by atoms with van der Waals surface area (Å²) < 4.78 is 6.98. The van der Waals surface area contributed by atoms with Crippen LogP contribution >= 0.6 is 0 Å². The van der Waals surface area contributed by atoms with E-state index >= 15 is 0 Å². The molecule has 2 unspecified atom stereocenters. The normalized spacial score (nSPS) is 15.2. The highest BCUT2D eigenvalue weighted by Crippen LogP contribution is 2.20. The summed E-state index contributed by atoms with van der Waals surface area (Å²) in [4.78, 5) is 0. The SMILES string of the molecule is CNC(CC(C)COC)c1cnn(C)c1. The van der Waals surface area contributed by atoms with Crippen LogP contribution in [0.2, 0.25) is 0 Å². The van der Waals surface area contributed by atoms with Gasteiger partial charge in [0.2, 0.25) is 0 Å². The van der Waals surface area contributed by atoms with Crippen molar-refractivity contribution in [3.8, 4) is 0 Å². The Morgan fingerprint density at radius 2 is 2.33 bits per heavy atom. The molecule has 0 spiro atoms. The average Bonchev–Trinajstić information content (AvgIpc) is 2.61. The largest absolute Gasteiger partial charge is 0.384 e. The third-order valence-corrected chi connectivity index (χ3v) is 2.56. The molecule has 0 fully saturated rings. The molecule has 0 aliphatic rings. The number of nitrogens with one attached hydrogen (secondary N) is 1. The minimum absolute atomic E-state index is 0.365. The molecular formula is C11H21N3O. The Labute approximate surface area is 91.6 Å². The van der Waals surface area contributed by atoms with Crippen LogP contribution in [0.1, 0.15) is 24.9 Å². The zero-order valence-electron chi connectivity index (χ0n) is 10.0. The molecule has 4 heteroatoms. The third kappa shape index (κ3) is 3.64. The molecule has 15 heavy (non-hydrogen) atoms. The van der Waals surface area contributed by atoms with Gasteiger partial charge in [-0.25, -0.2) is 0 Å². The number of methoxy groups -OCH3 is 1. The maximum Gasteiger partial charge on any atom is 0.0537 e. The van der Waals surface area contributed by atoms with Gasteiger partial charge in [-0.15, -0.1) is 0 Å². The maximum atomic E-state index is 5.14. The molecule has 0 aromatic carbocycles. The molecule has 0 saturated heterocycles. The van der Waals surface area contributed by atoms with Gasteiger partial charge < -0.3 is 10.1 Å². The Morgan fingerprint density at radius 1 is 1.60 bits per heavy atom. The quantitative estimate of drug-likeness (QED) is 0.772. The average molecular weight is 211 g/mol. The first-order chi connectivity index (χ1) is 7.17. The van der Waals surface area contributed by atoms with Crippen molar-refractivity contribution < 1.29 is 4.74 Å². The van der Waals surface area contributed by atoms with Crippen molar-refractivity contribution in [3.05, 3.63) is 18.0 Å². The fourth-order valence-electron chi connectivity index (χ4n) is 1.80. The maximum absolute atomic E-state index is 5.14. The van der Waals surface area contributed by atoms with E-state index in [-0.39, 0.29) is 0 Å². The standard InChI is InChI=1S/C11H21N3O/c1-9(8-15-4)5-11(12-2)10-6-13-14(3)7-10/h6-7,9,11-12H,5,8H2,1-4H3. The number of aryl methyl sites for hydroxylation is 1. The highest BCUT2D eigenvalue weighted by atomic mass is 16.5. The van der Waals surface area contributed by atoms with Gasteiger partial charge in [0.1, 0.15) is 0 Å². The molecule has 0 radical (unpaired) electrons. The van der Waals surface area contributed by atoms with Gasteiger partial charge in [0, 0.05) is 38.6 Å². The summed E-state index contributed by atoms with van der Waals surface area (Å²) in [5, 5.41) is 7.50. The Morgan fingerprint density at radius 3 is 2.80 bits per heavy atom. The van der Waals surface area contributed by atoms with E-state index < -0.39 is 0 Å². The lowest BCUT2D eigenvalue weighted by Gasteiger charge is -2.18. The van der Waals surface area contributed by atoms with E-state index in [1.165, 1.54) is 5.56 Å². The van der Waals surface area contributed by atoms with Crippen LogP contribution in [0, 0.1) is 5.92 Å². The topological polar surface area (TPSA) is 39.1 Å². The smallest absolute Gasteiger partial charge is 0.0537 e. The first-order valence-electron chi connectivity index (χ1n) is 5.32. The van der Waals surface area contributed by atoms with Gasteiger partial charge in [0.25, 0.3) is 0 Å². The first kappa shape index (κ1) is 12.2. The monoisotopic (exact) mass is 211 g/mol. The number of ether oxygens (including phenoxy) is 1. The molecule has 0 aliphatic carbocycles. The minimum Gasteiger partial charge on any atom is -0.384 e. The molecule has 0 amide bonds. The molecule has 1 rings (SSSR count). The van der Waals surface area contributed by atoms with Crippen molar-refractivity contribution in [2.45, 2.75) is 19.4 Å². The number of rotatable bonds is 6. The summed E-state index contributed by atoms with van der Waals surface area (Å²) in [5.74, 6) is 0.549. The second kappa shape index (κ2) is 5.88. The fraction of sp³-hybridized carbons (Fsp3) is 0.727. The minimum atomic E-state index is 0.365. The second-order valence-electron chi connectivity index (χ2n) is 4.08. The van der Waals surface area contributed by atoms with Crippen molar-refractivity contribution in [2.24, 2.45) is 13.0 Å². The Bertz CT molecular complexity index is 285. The Kier molecular flexibility index (Phi) is 4.78. The van der Waals surface area contributed by atoms with Crippen LogP contribution in [0.5, 0.6) is 0 Å². The van der Waals surface area contributed by atoms with E-state index in [4.69, 9.17) is 4.74 Å². The van der Waals surface area contributed by atoms with Crippen LogP contribution in [0.4, 0.5) is 0 Å². The van der Waals surface area contributed by atoms with Crippen LogP contribution in [0.25, 0.3) is 0 Å². The molecule has 86 valence electrons. The molecule has 1 N–H and O–H groups in total. The molecule has 0 saturated carbocycles. The van der Waals surface area contributed by atoms with E-state index in [1.807, 2.05) is 25.0 Å². The number of aromatic nitrogens is 2. The predicted octanol–water partition coefficient (Wildman–Crippen LogP) is 1.35. The highest BCUT2D eigenvalue weighted by molar-refractivity contribution is 5.10. The second-order valence-corrected chi connectivity index (χ2v) is 4.08. The summed E-state index contributed by atoms with van der Waals surface area (Å²) >= 11 is 0. The summed E-state index contributed by atoms with van der Waals surface area (Å²) in [6, 6.07) is 0.365. The summed E-state index contributed by atoms with van der Waals surface area (Å²) in [6.07, 6.45) is 5.04. The lowest BCUT2D eigenvalue weighted by Crippen LogP contribution is -2.20. The number of hydrogen-bond donors (Lipinski definition) is 1. The Hall–Kier alpha value is -0.870. The summed E-state index contributed by atoms with van der Waals surface area (Å²) in [7, 11) is 5.67. The van der Waals surface area contributed by atoms with Crippen LogP contribution in [-0.4, -0.2) is 30.5 Å². The van der Waals surface area contributed by atoms with Crippen molar-refractivity contribution in [3.63, 3.8) is 0 Å². The van der Waals surface area contributed by atoms with E-state index in [0.29, 0.717) is 12.0 Å². The molecular weight excluding hydrogens is 190 g/mol.